The van der Waals surface area contributed by atoms with Crippen LogP contribution in [-0.4, -0.2) is 12.0 Å². The Kier molecular flexibility index (Phi) is 5.88. The fraction of sp³-hybridized carbons (Fsp3) is 0.458. The highest BCUT2D eigenvalue weighted by Crippen LogP contribution is 2.29. The van der Waals surface area contributed by atoms with E-state index in [1.54, 1.807) is 0 Å². The first-order valence-electron chi connectivity index (χ1n) is 10.0. The van der Waals surface area contributed by atoms with Crippen molar-refractivity contribution < 1.29 is 9.53 Å². The van der Waals surface area contributed by atoms with E-state index in [4.69, 9.17) is 4.74 Å². The zero-order chi connectivity index (χ0) is 19.6. The number of carbonyl (C=O) groups excluding carboxylic acids is 1. The predicted octanol–water partition coefficient (Wildman–Crippen LogP) is 5.25. The molecule has 3 nitrogen and oxygen atoms in total. The Morgan fingerprint density at radius 2 is 1.74 bits per heavy atom. The topological polar surface area (TPSA) is 38.3 Å². The Hall–Kier alpha value is -2.29. The molecule has 2 aromatic carbocycles. The van der Waals surface area contributed by atoms with Crippen LogP contribution in [0.25, 0.3) is 0 Å². The summed E-state index contributed by atoms with van der Waals surface area (Å²) in [4.78, 5) is 12.7. The summed E-state index contributed by atoms with van der Waals surface area (Å²) in [5.41, 5.74) is 6.31. The molecule has 2 aromatic rings. The molecule has 0 aromatic heterocycles. The molecule has 2 atom stereocenters. The maximum Gasteiger partial charge on any atom is 0.261 e. The van der Waals surface area contributed by atoms with Crippen LogP contribution in [0.5, 0.6) is 5.75 Å². The zero-order valence-corrected chi connectivity index (χ0v) is 17.1. The molecule has 0 saturated carbocycles. The van der Waals surface area contributed by atoms with Gasteiger partial charge in [-0.05, 0) is 79.8 Å². The summed E-state index contributed by atoms with van der Waals surface area (Å²) in [5.74, 6) is 1.07. The van der Waals surface area contributed by atoms with E-state index in [0.29, 0.717) is 5.92 Å². The van der Waals surface area contributed by atoms with Crippen molar-refractivity contribution in [3.63, 3.8) is 0 Å². The second-order valence-electron chi connectivity index (χ2n) is 8.07. The molecule has 0 aliphatic heterocycles. The lowest BCUT2D eigenvalue weighted by atomic mass is 10.0. The van der Waals surface area contributed by atoms with Crippen LogP contribution in [0.3, 0.4) is 0 Å². The van der Waals surface area contributed by atoms with Crippen molar-refractivity contribution in [1.82, 2.24) is 5.32 Å². The van der Waals surface area contributed by atoms with E-state index in [-0.39, 0.29) is 11.9 Å². The van der Waals surface area contributed by atoms with Crippen molar-refractivity contribution >= 4 is 5.91 Å². The van der Waals surface area contributed by atoms with Crippen molar-refractivity contribution in [3.05, 3.63) is 64.2 Å². The number of rotatable bonds is 6. The van der Waals surface area contributed by atoms with Gasteiger partial charge in [-0.1, -0.05) is 44.2 Å². The fourth-order valence-corrected chi connectivity index (χ4v) is 3.74. The van der Waals surface area contributed by atoms with Gasteiger partial charge in [0.2, 0.25) is 0 Å². The summed E-state index contributed by atoms with van der Waals surface area (Å²) < 4.78 is 6.05. The maximum absolute atomic E-state index is 12.7. The Morgan fingerprint density at radius 1 is 1.00 bits per heavy atom. The number of aryl methyl sites for hydroxylation is 3. The lowest BCUT2D eigenvalue weighted by Gasteiger charge is -2.22. The average molecular weight is 366 g/mol. The average Bonchev–Trinajstić information content (AvgIpc) is 3.09. The third kappa shape index (κ3) is 4.52. The van der Waals surface area contributed by atoms with Gasteiger partial charge in [0.25, 0.3) is 5.91 Å². The van der Waals surface area contributed by atoms with Gasteiger partial charge in [-0.25, -0.2) is 0 Å². The number of fused-ring (bicyclic) bond motifs is 1. The summed E-state index contributed by atoms with van der Waals surface area (Å²) >= 11 is 0. The quantitative estimate of drug-likeness (QED) is 0.759. The first-order chi connectivity index (χ1) is 12.8. The van der Waals surface area contributed by atoms with Gasteiger partial charge in [0.1, 0.15) is 5.75 Å². The molecule has 27 heavy (non-hydrogen) atoms. The molecule has 1 aliphatic rings. The summed E-state index contributed by atoms with van der Waals surface area (Å²) in [6.45, 7) is 10.2. The summed E-state index contributed by atoms with van der Waals surface area (Å²) in [6, 6.07) is 12.8. The third-order valence-electron chi connectivity index (χ3n) is 5.45. The van der Waals surface area contributed by atoms with Crippen molar-refractivity contribution in [2.75, 3.05) is 0 Å². The smallest absolute Gasteiger partial charge is 0.261 e. The monoisotopic (exact) mass is 365 g/mol. The third-order valence-corrected chi connectivity index (χ3v) is 5.45. The summed E-state index contributed by atoms with van der Waals surface area (Å²) in [5, 5.41) is 3.11. The van der Waals surface area contributed by atoms with Crippen LogP contribution in [0.4, 0.5) is 0 Å². The molecule has 144 valence electrons. The van der Waals surface area contributed by atoms with Gasteiger partial charge in [0.05, 0.1) is 6.04 Å². The summed E-state index contributed by atoms with van der Waals surface area (Å²) in [6.07, 6.45) is 3.02. The van der Waals surface area contributed by atoms with Gasteiger partial charge in [-0.15, -0.1) is 0 Å². The molecule has 1 aliphatic carbocycles. The van der Waals surface area contributed by atoms with E-state index < -0.39 is 6.10 Å². The molecule has 0 fully saturated rings. The molecule has 0 unspecified atom stereocenters. The first kappa shape index (κ1) is 19.5. The van der Waals surface area contributed by atoms with Gasteiger partial charge < -0.3 is 10.1 Å². The van der Waals surface area contributed by atoms with Crippen molar-refractivity contribution in [2.24, 2.45) is 0 Å². The minimum Gasteiger partial charge on any atom is -0.481 e. The number of benzene rings is 2. The highest BCUT2D eigenvalue weighted by atomic mass is 16.5. The number of hydrogen-bond acceptors (Lipinski definition) is 2. The Morgan fingerprint density at radius 3 is 2.48 bits per heavy atom. The van der Waals surface area contributed by atoms with Crippen LogP contribution in [-0.2, 0) is 17.6 Å². The molecule has 0 spiro atoms. The molecule has 1 amide bonds. The van der Waals surface area contributed by atoms with Gasteiger partial charge >= 0.3 is 0 Å². The van der Waals surface area contributed by atoms with Crippen LogP contribution in [0.2, 0.25) is 0 Å². The van der Waals surface area contributed by atoms with Gasteiger partial charge in [0.15, 0.2) is 6.10 Å². The number of hydrogen-bond donors (Lipinski definition) is 1. The lowest BCUT2D eigenvalue weighted by molar-refractivity contribution is -0.127. The van der Waals surface area contributed by atoms with E-state index in [1.807, 2.05) is 26.8 Å². The normalized spacial score (nSPS) is 15.3. The van der Waals surface area contributed by atoms with Gasteiger partial charge in [-0.2, -0.15) is 0 Å². The Labute approximate surface area is 163 Å². The van der Waals surface area contributed by atoms with Crippen LogP contribution < -0.4 is 10.1 Å². The molecule has 3 rings (SSSR count). The van der Waals surface area contributed by atoms with Crippen molar-refractivity contribution in [1.29, 1.82) is 0 Å². The second-order valence-corrected chi connectivity index (χ2v) is 8.07. The highest BCUT2D eigenvalue weighted by Gasteiger charge is 2.21. The van der Waals surface area contributed by atoms with Crippen molar-refractivity contribution in [2.45, 2.75) is 71.9 Å². The van der Waals surface area contributed by atoms with Crippen LogP contribution >= 0.6 is 0 Å². The molecule has 0 saturated heterocycles. The van der Waals surface area contributed by atoms with Gasteiger partial charge in [0, 0.05) is 0 Å². The number of nitrogens with one attached hydrogen (secondary N) is 1. The molecule has 0 radical (unpaired) electrons. The number of ether oxygens (including phenoxy) is 1. The van der Waals surface area contributed by atoms with E-state index in [9.17, 15) is 4.79 Å². The second kappa shape index (κ2) is 8.16. The minimum atomic E-state index is -0.541. The Balaban J connectivity index is 1.66. The maximum atomic E-state index is 12.7. The lowest BCUT2D eigenvalue weighted by Crippen LogP contribution is -2.38. The van der Waals surface area contributed by atoms with E-state index in [0.717, 1.165) is 28.9 Å². The number of carbonyl (C=O) groups is 1. The highest BCUT2D eigenvalue weighted by molar-refractivity contribution is 5.81. The molecule has 0 heterocycles. The number of amides is 1. The van der Waals surface area contributed by atoms with Crippen LogP contribution in [0.15, 0.2) is 36.4 Å². The van der Waals surface area contributed by atoms with Gasteiger partial charge in [-0.3, -0.25) is 4.79 Å². The van der Waals surface area contributed by atoms with Crippen molar-refractivity contribution in [3.8, 4) is 5.75 Å². The zero-order valence-electron chi connectivity index (χ0n) is 17.1. The van der Waals surface area contributed by atoms with Crippen LogP contribution in [0.1, 0.15) is 73.9 Å². The molecule has 0 bridgehead atoms. The van der Waals surface area contributed by atoms with E-state index in [2.05, 4.69) is 49.5 Å². The van der Waals surface area contributed by atoms with E-state index >= 15 is 0 Å². The largest absolute Gasteiger partial charge is 0.481 e. The minimum absolute atomic E-state index is 0.0310. The van der Waals surface area contributed by atoms with Crippen LogP contribution in [0, 0.1) is 6.92 Å². The standard InChI is InChI=1S/C24H31NO2/c1-15(2)22-12-9-16(3)13-23(22)27-18(5)24(26)25-17(4)20-11-10-19-7-6-8-21(19)14-20/h9-15,17-18H,6-8H2,1-5H3,(H,25,26)/t17-,18-/m0/s1. The molecule has 3 heteroatoms. The molecular weight excluding hydrogens is 334 g/mol. The fourth-order valence-electron chi connectivity index (χ4n) is 3.74. The SMILES string of the molecule is Cc1ccc(C(C)C)c(O[C@@H](C)C(=O)N[C@@H](C)c2ccc3c(c2)CCC3)c1. The molecule has 1 N–H and O–H groups in total. The molecular formula is C24H31NO2. The predicted molar refractivity (Wildman–Crippen MR) is 110 cm³/mol. The first-order valence-corrected chi connectivity index (χ1v) is 10.0. The summed E-state index contributed by atoms with van der Waals surface area (Å²) in [7, 11) is 0. The van der Waals surface area contributed by atoms with E-state index in [1.165, 1.54) is 24.0 Å². The Bertz CT molecular complexity index is 825.